The van der Waals surface area contributed by atoms with Crippen LogP contribution in [0, 0.1) is 6.92 Å². The summed E-state index contributed by atoms with van der Waals surface area (Å²) in [7, 11) is 0. The van der Waals surface area contributed by atoms with E-state index < -0.39 is 0 Å². The Morgan fingerprint density at radius 2 is 2.25 bits per heavy atom. The molecule has 2 rings (SSSR count). The molecule has 1 aromatic rings. The molecule has 1 aliphatic heterocycles. The molecule has 0 aromatic heterocycles. The Hall–Kier alpha value is -0.340. The van der Waals surface area contributed by atoms with Gasteiger partial charge in [-0.1, -0.05) is 30.7 Å². The first-order valence-electron chi connectivity index (χ1n) is 5.81. The molecule has 1 fully saturated rings. The largest absolute Gasteiger partial charge is 0.380 e. The van der Waals surface area contributed by atoms with Gasteiger partial charge in [0.05, 0.1) is 10.7 Å². The van der Waals surface area contributed by atoms with Crippen LogP contribution in [-0.4, -0.2) is 17.0 Å². The van der Waals surface area contributed by atoms with Crippen LogP contribution in [0.2, 0.25) is 5.02 Å². The predicted octanol–water partition coefficient (Wildman–Crippen LogP) is 4.34. The van der Waals surface area contributed by atoms with E-state index in [1.807, 2.05) is 12.1 Å². The highest BCUT2D eigenvalue weighted by Gasteiger charge is 2.22. The van der Waals surface area contributed by atoms with Crippen LogP contribution < -0.4 is 5.32 Å². The van der Waals surface area contributed by atoms with Crippen molar-refractivity contribution in [2.75, 3.05) is 11.1 Å². The number of hydrogen-bond acceptors (Lipinski definition) is 2. The molecule has 16 heavy (non-hydrogen) atoms. The van der Waals surface area contributed by atoms with Crippen LogP contribution in [0.15, 0.2) is 18.2 Å². The van der Waals surface area contributed by atoms with E-state index in [4.69, 9.17) is 11.6 Å². The zero-order valence-corrected chi connectivity index (χ0v) is 11.4. The van der Waals surface area contributed by atoms with Gasteiger partial charge < -0.3 is 5.32 Å². The fourth-order valence-corrected chi connectivity index (χ4v) is 3.53. The predicted molar refractivity (Wildman–Crippen MR) is 74.8 cm³/mol. The summed E-state index contributed by atoms with van der Waals surface area (Å²) in [6.07, 6.45) is 2.55. The Bertz CT molecular complexity index is 347. The van der Waals surface area contributed by atoms with Gasteiger partial charge in [0, 0.05) is 11.3 Å². The average molecular weight is 256 g/mol. The number of rotatable bonds is 2. The molecule has 0 amide bonds. The average Bonchev–Trinajstić information content (AvgIpc) is 2.26. The van der Waals surface area contributed by atoms with Crippen LogP contribution in [0.1, 0.15) is 25.3 Å². The molecular weight excluding hydrogens is 238 g/mol. The van der Waals surface area contributed by atoms with E-state index in [0.29, 0.717) is 11.3 Å². The van der Waals surface area contributed by atoms with Gasteiger partial charge in [-0.3, -0.25) is 0 Å². The number of para-hydroxylation sites is 1. The van der Waals surface area contributed by atoms with Gasteiger partial charge in [-0.15, -0.1) is 0 Å². The van der Waals surface area contributed by atoms with E-state index >= 15 is 0 Å². The summed E-state index contributed by atoms with van der Waals surface area (Å²) in [4.78, 5) is 0. The Labute approximate surface area is 107 Å². The second-order valence-corrected chi connectivity index (χ2v) is 6.29. The minimum atomic E-state index is 0.553. The molecule has 1 nitrogen and oxygen atoms in total. The number of benzene rings is 1. The number of hydrogen-bond donors (Lipinski definition) is 1. The summed E-state index contributed by atoms with van der Waals surface area (Å²) in [5, 5.41) is 5.12. The van der Waals surface area contributed by atoms with Crippen molar-refractivity contribution in [3.8, 4) is 0 Å². The minimum absolute atomic E-state index is 0.553. The van der Waals surface area contributed by atoms with Gasteiger partial charge in [0.2, 0.25) is 0 Å². The molecule has 2 unspecified atom stereocenters. The van der Waals surface area contributed by atoms with Crippen LogP contribution in [0.5, 0.6) is 0 Å². The summed E-state index contributed by atoms with van der Waals surface area (Å²) >= 11 is 8.28. The van der Waals surface area contributed by atoms with Crippen molar-refractivity contribution in [3.63, 3.8) is 0 Å². The normalized spacial score (nSPS) is 25.4. The molecule has 1 N–H and O–H groups in total. The Morgan fingerprint density at radius 3 is 2.94 bits per heavy atom. The first-order chi connectivity index (χ1) is 7.68. The highest BCUT2D eigenvalue weighted by Crippen LogP contribution is 2.31. The zero-order chi connectivity index (χ0) is 11.5. The highest BCUT2D eigenvalue weighted by molar-refractivity contribution is 8.00. The van der Waals surface area contributed by atoms with Crippen LogP contribution in [-0.2, 0) is 0 Å². The molecule has 1 heterocycles. The molecular formula is C13H18ClNS. The second kappa shape index (κ2) is 5.33. The van der Waals surface area contributed by atoms with E-state index in [1.54, 1.807) is 0 Å². The van der Waals surface area contributed by atoms with Gasteiger partial charge in [-0.2, -0.15) is 11.8 Å². The number of thioether (sulfide) groups is 1. The maximum atomic E-state index is 6.23. The lowest BCUT2D eigenvalue weighted by Gasteiger charge is -2.30. The van der Waals surface area contributed by atoms with Crippen LogP contribution in [0.25, 0.3) is 0 Å². The number of nitrogens with one attached hydrogen (secondary N) is 1. The smallest absolute Gasteiger partial charge is 0.0640 e. The Kier molecular flexibility index (Phi) is 4.04. The summed E-state index contributed by atoms with van der Waals surface area (Å²) in [6.45, 7) is 4.41. The van der Waals surface area contributed by atoms with Crippen molar-refractivity contribution < 1.29 is 0 Å². The van der Waals surface area contributed by atoms with Gasteiger partial charge in [-0.25, -0.2) is 0 Å². The van der Waals surface area contributed by atoms with Gasteiger partial charge in [0.15, 0.2) is 0 Å². The Balaban J connectivity index is 2.13. The molecule has 88 valence electrons. The lowest BCUT2D eigenvalue weighted by molar-refractivity contribution is 0.617. The summed E-state index contributed by atoms with van der Waals surface area (Å²) in [6, 6.07) is 6.62. The van der Waals surface area contributed by atoms with Crippen LogP contribution >= 0.6 is 23.4 Å². The molecule has 3 heteroatoms. The van der Waals surface area contributed by atoms with Gasteiger partial charge in [0.25, 0.3) is 0 Å². The molecule has 0 bridgehead atoms. The summed E-state index contributed by atoms with van der Waals surface area (Å²) < 4.78 is 0. The van der Waals surface area contributed by atoms with Crippen LogP contribution in [0.4, 0.5) is 5.69 Å². The molecule has 2 atom stereocenters. The molecule has 1 aromatic carbocycles. The van der Waals surface area contributed by atoms with Crippen molar-refractivity contribution in [3.05, 3.63) is 28.8 Å². The number of halogens is 1. The molecule has 0 radical (unpaired) electrons. The number of anilines is 1. The zero-order valence-electron chi connectivity index (χ0n) is 9.79. The summed E-state index contributed by atoms with van der Waals surface area (Å²) in [5.41, 5.74) is 2.35. The van der Waals surface area contributed by atoms with Crippen molar-refractivity contribution >= 4 is 29.1 Å². The van der Waals surface area contributed by atoms with Gasteiger partial charge in [0.1, 0.15) is 0 Å². The third-order valence-electron chi connectivity index (χ3n) is 3.16. The SMILES string of the molecule is Cc1cccc(Cl)c1NC1CCCSC1C. The quantitative estimate of drug-likeness (QED) is 0.844. The van der Waals surface area contributed by atoms with E-state index in [0.717, 1.165) is 10.7 Å². The molecule has 0 spiro atoms. The second-order valence-electron chi connectivity index (χ2n) is 4.40. The Morgan fingerprint density at radius 1 is 1.44 bits per heavy atom. The first-order valence-corrected chi connectivity index (χ1v) is 7.24. The van der Waals surface area contributed by atoms with E-state index in [-0.39, 0.29) is 0 Å². The van der Waals surface area contributed by atoms with Gasteiger partial charge >= 0.3 is 0 Å². The third-order valence-corrected chi connectivity index (χ3v) is 4.85. The van der Waals surface area contributed by atoms with Crippen molar-refractivity contribution in [2.24, 2.45) is 0 Å². The standard InChI is InChI=1S/C13H18ClNS/c1-9-5-3-6-11(14)13(9)15-12-7-4-8-16-10(12)2/h3,5-6,10,12,15H,4,7-8H2,1-2H3. The first kappa shape index (κ1) is 12.1. The van der Waals surface area contributed by atoms with E-state index in [2.05, 4.69) is 37.0 Å². The lowest BCUT2D eigenvalue weighted by atomic mass is 10.1. The van der Waals surface area contributed by atoms with Crippen LogP contribution in [0.3, 0.4) is 0 Å². The number of aryl methyl sites for hydroxylation is 1. The fraction of sp³-hybridized carbons (Fsp3) is 0.538. The fourth-order valence-electron chi connectivity index (χ4n) is 2.11. The highest BCUT2D eigenvalue weighted by atomic mass is 35.5. The van der Waals surface area contributed by atoms with Crippen molar-refractivity contribution in [1.82, 2.24) is 0 Å². The maximum Gasteiger partial charge on any atom is 0.0640 e. The third kappa shape index (κ3) is 2.67. The van der Waals surface area contributed by atoms with Crippen molar-refractivity contribution in [2.45, 2.75) is 38.0 Å². The summed E-state index contributed by atoms with van der Waals surface area (Å²) in [5.74, 6) is 1.29. The molecule has 0 aliphatic carbocycles. The van der Waals surface area contributed by atoms with E-state index in [9.17, 15) is 0 Å². The monoisotopic (exact) mass is 255 g/mol. The van der Waals surface area contributed by atoms with E-state index in [1.165, 1.54) is 24.2 Å². The lowest BCUT2D eigenvalue weighted by Crippen LogP contribution is -2.33. The topological polar surface area (TPSA) is 12.0 Å². The molecule has 1 saturated heterocycles. The minimum Gasteiger partial charge on any atom is -0.380 e. The maximum absolute atomic E-state index is 6.23. The van der Waals surface area contributed by atoms with Gasteiger partial charge in [-0.05, 0) is 37.1 Å². The molecule has 1 aliphatic rings. The van der Waals surface area contributed by atoms with Crippen molar-refractivity contribution in [1.29, 1.82) is 0 Å². The molecule has 0 saturated carbocycles.